The first-order chi connectivity index (χ1) is 4.95. The van der Waals surface area contributed by atoms with E-state index in [2.05, 4.69) is 22.7 Å². The van der Waals surface area contributed by atoms with Gasteiger partial charge in [-0.25, -0.2) is 0 Å². The minimum absolute atomic E-state index is 0.945. The first kappa shape index (κ1) is 5.47. The minimum atomic E-state index is 0.945. The molecule has 1 aromatic carbocycles. The van der Waals surface area contributed by atoms with Gasteiger partial charge in [-0.05, 0) is 5.56 Å². The summed E-state index contributed by atoms with van der Waals surface area (Å²) in [6, 6.07) is 10.3. The molecule has 1 N–H and O–H groups in total. The van der Waals surface area contributed by atoms with Gasteiger partial charge in [-0.1, -0.05) is 30.3 Å². The lowest BCUT2D eigenvalue weighted by Crippen LogP contribution is -1.96. The predicted octanol–water partition coefficient (Wildman–Crippen LogP) is 1.15. The molecule has 0 saturated heterocycles. The third-order valence-corrected chi connectivity index (χ3v) is 1.48. The maximum atomic E-state index is 3.86. The van der Waals surface area contributed by atoms with Crippen LogP contribution < -0.4 is 5.43 Å². The number of nitrogens with zero attached hydrogens (tertiary/aromatic N) is 1. The van der Waals surface area contributed by atoms with Crippen LogP contribution in [0.15, 0.2) is 35.4 Å². The predicted molar refractivity (Wildman–Crippen MR) is 40.7 cm³/mol. The molecule has 50 valence electrons. The van der Waals surface area contributed by atoms with Crippen LogP contribution >= 0.6 is 0 Å². The van der Waals surface area contributed by atoms with Crippen molar-refractivity contribution in [1.29, 1.82) is 0 Å². The fraction of sp³-hybridized carbons (Fsp3) is 0.125. The van der Waals surface area contributed by atoms with Crippen LogP contribution in [-0.2, 0) is 6.42 Å². The van der Waals surface area contributed by atoms with Gasteiger partial charge in [-0.15, -0.1) is 0 Å². The molecule has 1 heterocycles. The molecule has 1 aromatic rings. The Morgan fingerprint density at radius 3 is 2.50 bits per heavy atom. The Morgan fingerprint density at radius 1 is 1.20 bits per heavy atom. The number of hydrogen-bond acceptors (Lipinski definition) is 2. The number of hydrogen-bond donors (Lipinski definition) is 1. The Balaban J connectivity index is 2.11. The van der Waals surface area contributed by atoms with Crippen molar-refractivity contribution in [2.75, 3.05) is 0 Å². The molecule has 2 heteroatoms. The summed E-state index contributed by atoms with van der Waals surface area (Å²) < 4.78 is 0. The summed E-state index contributed by atoms with van der Waals surface area (Å²) in [6.07, 6.45) is 0.945. The molecule has 0 radical (unpaired) electrons. The Bertz CT molecular complexity index is 251. The van der Waals surface area contributed by atoms with Crippen molar-refractivity contribution in [3.05, 3.63) is 35.9 Å². The zero-order chi connectivity index (χ0) is 6.81. The SMILES string of the molecule is c1ccc(CC2=NN2)cc1. The molecule has 0 bridgehead atoms. The van der Waals surface area contributed by atoms with Gasteiger partial charge in [0.25, 0.3) is 0 Å². The van der Waals surface area contributed by atoms with Crippen LogP contribution in [0.5, 0.6) is 0 Å². The van der Waals surface area contributed by atoms with E-state index in [0.29, 0.717) is 0 Å². The van der Waals surface area contributed by atoms with Gasteiger partial charge in [0.15, 0.2) is 0 Å². The molecule has 10 heavy (non-hydrogen) atoms. The maximum absolute atomic E-state index is 3.86. The molecule has 0 aromatic heterocycles. The van der Waals surface area contributed by atoms with Crippen LogP contribution in [0.1, 0.15) is 5.56 Å². The summed E-state index contributed by atoms with van der Waals surface area (Å²) in [5.74, 6) is 1.09. The largest absolute Gasteiger partial charge is 0.261 e. The number of nitrogens with one attached hydrogen (secondary N) is 1. The summed E-state index contributed by atoms with van der Waals surface area (Å²) in [7, 11) is 0. The molecular formula is C8H8N2. The summed E-state index contributed by atoms with van der Waals surface area (Å²) in [5.41, 5.74) is 4.14. The Hall–Kier alpha value is -1.31. The van der Waals surface area contributed by atoms with Crippen molar-refractivity contribution in [1.82, 2.24) is 5.43 Å². The lowest BCUT2D eigenvalue weighted by Gasteiger charge is -1.91. The maximum Gasteiger partial charge on any atom is 0.147 e. The molecule has 0 atom stereocenters. The quantitative estimate of drug-likeness (QED) is 0.643. The molecule has 2 nitrogen and oxygen atoms in total. The van der Waals surface area contributed by atoms with Gasteiger partial charge in [-0.3, -0.25) is 5.43 Å². The first-order valence-corrected chi connectivity index (χ1v) is 3.32. The summed E-state index contributed by atoms with van der Waals surface area (Å²) >= 11 is 0. The number of rotatable bonds is 2. The Labute approximate surface area is 59.6 Å². The van der Waals surface area contributed by atoms with Gasteiger partial charge >= 0.3 is 0 Å². The average molecular weight is 132 g/mol. The third kappa shape index (κ3) is 1.16. The molecule has 0 unspecified atom stereocenters. The highest BCUT2D eigenvalue weighted by Gasteiger charge is 2.08. The van der Waals surface area contributed by atoms with Crippen molar-refractivity contribution in [2.45, 2.75) is 6.42 Å². The lowest BCUT2D eigenvalue weighted by molar-refractivity contribution is 1.23. The van der Waals surface area contributed by atoms with Gasteiger partial charge in [0, 0.05) is 6.42 Å². The standard InChI is InChI=1S/C8H8N2/c1-2-4-7(5-3-1)6-8-9-10-8/h1-5H,6H2,(H,9,10). The van der Waals surface area contributed by atoms with E-state index in [0.717, 1.165) is 12.3 Å². The third-order valence-electron chi connectivity index (χ3n) is 1.48. The Morgan fingerprint density at radius 2 is 1.90 bits per heavy atom. The van der Waals surface area contributed by atoms with E-state index in [1.165, 1.54) is 5.56 Å². The van der Waals surface area contributed by atoms with E-state index in [-0.39, 0.29) is 0 Å². The average Bonchev–Trinajstić information content (AvgIpc) is 2.74. The molecule has 0 fully saturated rings. The second-order valence-electron chi connectivity index (χ2n) is 2.33. The fourth-order valence-electron chi connectivity index (χ4n) is 0.908. The van der Waals surface area contributed by atoms with Gasteiger partial charge in [0.1, 0.15) is 5.84 Å². The molecule has 0 saturated carbocycles. The van der Waals surface area contributed by atoms with E-state index < -0.39 is 0 Å². The monoisotopic (exact) mass is 132 g/mol. The zero-order valence-electron chi connectivity index (χ0n) is 5.54. The van der Waals surface area contributed by atoms with Crippen LogP contribution in [-0.4, -0.2) is 5.84 Å². The fourth-order valence-corrected chi connectivity index (χ4v) is 0.908. The van der Waals surface area contributed by atoms with Gasteiger partial charge in [0.2, 0.25) is 0 Å². The highest BCUT2D eigenvalue weighted by Crippen LogP contribution is 2.02. The zero-order valence-corrected chi connectivity index (χ0v) is 5.54. The molecule has 0 amide bonds. The highest BCUT2D eigenvalue weighted by atomic mass is 15.5. The molecule has 2 rings (SSSR count). The lowest BCUT2D eigenvalue weighted by atomic mass is 10.1. The molecule has 1 aliphatic heterocycles. The van der Waals surface area contributed by atoms with E-state index in [1.807, 2.05) is 18.2 Å². The molecule has 0 spiro atoms. The highest BCUT2D eigenvalue weighted by molar-refractivity contribution is 5.92. The number of hydrazone groups is 1. The molecule has 0 aliphatic carbocycles. The normalized spacial score (nSPS) is 13.8. The van der Waals surface area contributed by atoms with E-state index in [9.17, 15) is 0 Å². The topological polar surface area (TPSA) is 34.3 Å². The van der Waals surface area contributed by atoms with Crippen molar-refractivity contribution < 1.29 is 0 Å². The summed E-state index contributed by atoms with van der Waals surface area (Å²) in [4.78, 5) is 0. The van der Waals surface area contributed by atoms with E-state index in [4.69, 9.17) is 0 Å². The smallest absolute Gasteiger partial charge is 0.147 e. The van der Waals surface area contributed by atoms with Crippen LogP contribution in [0.25, 0.3) is 0 Å². The van der Waals surface area contributed by atoms with Gasteiger partial charge in [-0.2, -0.15) is 5.10 Å². The van der Waals surface area contributed by atoms with Crippen molar-refractivity contribution >= 4 is 5.84 Å². The van der Waals surface area contributed by atoms with E-state index in [1.54, 1.807) is 0 Å². The van der Waals surface area contributed by atoms with Crippen molar-refractivity contribution in [2.24, 2.45) is 5.10 Å². The summed E-state index contributed by atoms with van der Waals surface area (Å²) in [6.45, 7) is 0. The van der Waals surface area contributed by atoms with Crippen molar-refractivity contribution in [3.8, 4) is 0 Å². The Kier molecular flexibility index (Phi) is 1.17. The molecular weight excluding hydrogens is 124 g/mol. The second-order valence-corrected chi connectivity index (χ2v) is 2.33. The van der Waals surface area contributed by atoms with Gasteiger partial charge in [0.05, 0.1) is 0 Å². The van der Waals surface area contributed by atoms with Crippen LogP contribution in [0.4, 0.5) is 0 Å². The number of amidine groups is 1. The van der Waals surface area contributed by atoms with Crippen LogP contribution in [0.3, 0.4) is 0 Å². The van der Waals surface area contributed by atoms with Crippen LogP contribution in [0, 0.1) is 0 Å². The summed E-state index contributed by atoms with van der Waals surface area (Å²) in [5, 5.41) is 3.86. The minimum Gasteiger partial charge on any atom is -0.261 e. The first-order valence-electron chi connectivity index (χ1n) is 3.32. The van der Waals surface area contributed by atoms with E-state index >= 15 is 0 Å². The van der Waals surface area contributed by atoms with Gasteiger partial charge < -0.3 is 0 Å². The second kappa shape index (κ2) is 2.14. The number of benzene rings is 1. The van der Waals surface area contributed by atoms with Crippen LogP contribution in [0.2, 0.25) is 0 Å². The molecule has 1 aliphatic rings. The van der Waals surface area contributed by atoms with Crippen molar-refractivity contribution in [3.63, 3.8) is 0 Å².